The third kappa shape index (κ3) is 6.08. The molecule has 1 aromatic carbocycles. The molecule has 1 aromatic rings. The van der Waals surface area contributed by atoms with E-state index >= 15 is 0 Å². The largest absolute Gasteiger partial charge is 0.352 e. The van der Waals surface area contributed by atoms with Crippen molar-refractivity contribution in [3.8, 4) is 0 Å². The van der Waals surface area contributed by atoms with E-state index in [-0.39, 0.29) is 17.2 Å². The summed E-state index contributed by atoms with van der Waals surface area (Å²) in [6, 6.07) is 7.48. The van der Waals surface area contributed by atoms with Gasteiger partial charge in [-0.05, 0) is 29.5 Å². The van der Waals surface area contributed by atoms with Crippen LogP contribution in [0.1, 0.15) is 32.8 Å². The molecule has 1 amide bonds. The number of halogens is 1. The normalized spacial score (nSPS) is 13.1. The number of hydrogen-bond donors (Lipinski definition) is 2. The van der Waals surface area contributed by atoms with Crippen LogP contribution in [0.4, 0.5) is 0 Å². The van der Waals surface area contributed by atoms with Crippen LogP contribution in [0.2, 0.25) is 5.02 Å². The third-order valence-electron chi connectivity index (χ3n) is 2.87. The van der Waals surface area contributed by atoms with E-state index in [0.717, 1.165) is 12.0 Å². The predicted octanol–water partition coefficient (Wildman–Crippen LogP) is 2.97. The van der Waals surface area contributed by atoms with Gasteiger partial charge < -0.3 is 11.1 Å². The molecule has 3 N–H and O–H groups in total. The summed E-state index contributed by atoms with van der Waals surface area (Å²) in [7, 11) is 0. The highest BCUT2D eigenvalue weighted by molar-refractivity contribution is 6.30. The van der Waals surface area contributed by atoms with Gasteiger partial charge in [0.05, 0.1) is 5.92 Å². The van der Waals surface area contributed by atoms with Crippen LogP contribution in [-0.2, 0) is 11.3 Å². The molecule has 19 heavy (non-hydrogen) atoms. The molecule has 0 fully saturated rings. The Kier molecular flexibility index (Phi) is 5.83. The van der Waals surface area contributed by atoms with Crippen LogP contribution >= 0.6 is 11.6 Å². The predicted molar refractivity (Wildman–Crippen MR) is 79.9 cm³/mol. The molecule has 0 bridgehead atoms. The van der Waals surface area contributed by atoms with Crippen molar-refractivity contribution in [1.29, 1.82) is 0 Å². The zero-order chi connectivity index (χ0) is 14.5. The molecule has 0 aliphatic carbocycles. The fourth-order valence-corrected chi connectivity index (χ4v) is 2.22. The summed E-state index contributed by atoms with van der Waals surface area (Å²) in [5.74, 6) is -0.128. The first-order valence-corrected chi connectivity index (χ1v) is 6.92. The van der Waals surface area contributed by atoms with Crippen molar-refractivity contribution in [3.63, 3.8) is 0 Å². The summed E-state index contributed by atoms with van der Waals surface area (Å²) in [5.41, 5.74) is 6.78. The number of hydrogen-bond acceptors (Lipinski definition) is 2. The van der Waals surface area contributed by atoms with Crippen molar-refractivity contribution in [3.05, 3.63) is 34.9 Å². The maximum Gasteiger partial charge on any atom is 0.224 e. The first-order chi connectivity index (χ1) is 8.81. The van der Waals surface area contributed by atoms with E-state index in [9.17, 15) is 4.79 Å². The summed E-state index contributed by atoms with van der Waals surface area (Å²) in [5, 5.41) is 3.60. The van der Waals surface area contributed by atoms with E-state index in [1.165, 1.54) is 0 Å². The zero-order valence-electron chi connectivity index (χ0n) is 11.9. The van der Waals surface area contributed by atoms with Gasteiger partial charge >= 0.3 is 0 Å². The number of carbonyl (C=O) groups excluding carboxylic acids is 1. The Labute approximate surface area is 120 Å². The topological polar surface area (TPSA) is 55.1 Å². The molecule has 0 aliphatic heterocycles. The molecule has 1 rings (SSSR count). The van der Waals surface area contributed by atoms with Crippen LogP contribution in [0, 0.1) is 11.3 Å². The summed E-state index contributed by atoms with van der Waals surface area (Å²) in [4.78, 5) is 12.1. The molecule has 0 heterocycles. The zero-order valence-corrected chi connectivity index (χ0v) is 12.6. The number of nitrogens with one attached hydrogen (secondary N) is 1. The molecule has 106 valence electrons. The number of rotatable bonds is 5. The first-order valence-electron chi connectivity index (χ1n) is 6.54. The lowest BCUT2D eigenvalue weighted by Crippen LogP contribution is -2.36. The minimum atomic E-state index is -0.140. The van der Waals surface area contributed by atoms with Gasteiger partial charge in [0.15, 0.2) is 0 Å². The van der Waals surface area contributed by atoms with E-state index in [1.54, 1.807) is 0 Å². The van der Waals surface area contributed by atoms with E-state index in [1.807, 2.05) is 24.3 Å². The Bertz CT molecular complexity index is 426. The second-order valence-corrected chi connectivity index (χ2v) is 6.48. The van der Waals surface area contributed by atoms with E-state index in [0.29, 0.717) is 18.1 Å². The number of amides is 1. The fraction of sp³-hybridized carbons (Fsp3) is 0.533. The van der Waals surface area contributed by atoms with Crippen molar-refractivity contribution in [2.45, 2.75) is 33.7 Å². The average molecular weight is 283 g/mol. The van der Waals surface area contributed by atoms with Crippen LogP contribution in [0.15, 0.2) is 24.3 Å². The molecule has 0 saturated heterocycles. The van der Waals surface area contributed by atoms with Crippen molar-refractivity contribution >= 4 is 17.5 Å². The van der Waals surface area contributed by atoms with Crippen LogP contribution < -0.4 is 11.1 Å². The number of nitrogens with two attached hydrogens (primary N) is 1. The Morgan fingerprint density at radius 2 is 2.11 bits per heavy atom. The summed E-state index contributed by atoms with van der Waals surface area (Å²) in [6.07, 6.45) is 0.783. The van der Waals surface area contributed by atoms with Gasteiger partial charge in [0.1, 0.15) is 0 Å². The van der Waals surface area contributed by atoms with Gasteiger partial charge in [-0.15, -0.1) is 0 Å². The molecule has 4 heteroatoms. The lowest BCUT2D eigenvalue weighted by molar-refractivity contribution is -0.125. The third-order valence-corrected chi connectivity index (χ3v) is 3.10. The van der Waals surface area contributed by atoms with E-state index < -0.39 is 0 Å². The number of benzene rings is 1. The smallest absolute Gasteiger partial charge is 0.224 e. The molecule has 1 atom stereocenters. The van der Waals surface area contributed by atoms with Gasteiger partial charge in [0.25, 0.3) is 0 Å². The molecule has 0 saturated carbocycles. The second kappa shape index (κ2) is 6.92. The monoisotopic (exact) mass is 282 g/mol. The Hall–Kier alpha value is -1.06. The molecule has 1 unspecified atom stereocenters. The van der Waals surface area contributed by atoms with Crippen LogP contribution in [0.3, 0.4) is 0 Å². The van der Waals surface area contributed by atoms with Gasteiger partial charge in [-0.2, -0.15) is 0 Å². The standard InChI is InChI=1S/C15H23ClN2O/c1-15(2,3)8-12(9-17)14(19)18-10-11-5-4-6-13(16)7-11/h4-7,12H,8-10,17H2,1-3H3,(H,18,19). The second-order valence-electron chi connectivity index (χ2n) is 6.05. The van der Waals surface area contributed by atoms with Crippen LogP contribution in [0.25, 0.3) is 0 Å². The van der Waals surface area contributed by atoms with Crippen molar-refractivity contribution in [1.82, 2.24) is 5.32 Å². The summed E-state index contributed by atoms with van der Waals surface area (Å²) < 4.78 is 0. The summed E-state index contributed by atoms with van der Waals surface area (Å²) >= 11 is 5.90. The lowest BCUT2D eigenvalue weighted by Gasteiger charge is -2.24. The Balaban J connectivity index is 2.54. The summed E-state index contributed by atoms with van der Waals surface area (Å²) in [6.45, 7) is 7.19. The lowest BCUT2D eigenvalue weighted by atomic mass is 9.84. The molecule has 0 radical (unpaired) electrons. The molecule has 3 nitrogen and oxygen atoms in total. The SMILES string of the molecule is CC(C)(C)CC(CN)C(=O)NCc1cccc(Cl)c1. The highest BCUT2D eigenvalue weighted by Crippen LogP contribution is 2.24. The minimum absolute atomic E-state index is 0.0115. The van der Waals surface area contributed by atoms with Crippen molar-refractivity contribution < 1.29 is 4.79 Å². The van der Waals surface area contributed by atoms with Crippen molar-refractivity contribution in [2.24, 2.45) is 17.1 Å². The van der Waals surface area contributed by atoms with Gasteiger partial charge in [-0.1, -0.05) is 44.5 Å². The van der Waals surface area contributed by atoms with E-state index in [2.05, 4.69) is 26.1 Å². The Morgan fingerprint density at radius 3 is 2.63 bits per heavy atom. The Morgan fingerprint density at radius 1 is 1.42 bits per heavy atom. The quantitative estimate of drug-likeness (QED) is 0.872. The molecule has 0 aromatic heterocycles. The van der Waals surface area contributed by atoms with E-state index in [4.69, 9.17) is 17.3 Å². The van der Waals surface area contributed by atoms with Gasteiger partial charge in [-0.25, -0.2) is 0 Å². The average Bonchev–Trinajstić information content (AvgIpc) is 2.32. The van der Waals surface area contributed by atoms with Gasteiger partial charge in [-0.3, -0.25) is 4.79 Å². The fourth-order valence-electron chi connectivity index (χ4n) is 2.00. The van der Waals surface area contributed by atoms with Crippen LogP contribution in [0.5, 0.6) is 0 Å². The highest BCUT2D eigenvalue weighted by Gasteiger charge is 2.23. The maximum absolute atomic E-state index is 12.1. The molecular weight excluding hydrogens is 260 g/mol. The minimum Gasteiger partial charge on any atom is -0.352 e. The molecular formula is C15H23ClN2O. The van der Waals surface area contributed by atoms with Gasteiger partial charge in [0, 0.05) is 18.1 Å². The maximum atomic E-state index is 12.1. The molecule has 0 spiro atoms. The van der Waals surface area contributed by atoms with Gasteiger partial charge in [0.2, 0.25) is 5.91 Å². The molecule has 0 aliphatic rings. The first kappa shape index (κ1) is 16.0. The van der Waals surface area contributed by atoms with Crippen LogP contribution in [-0.4, -0.2) is 12.5 Å². The highest BCUT2D eigenvalue weighted by atomic mass is 35.5. The number of carbonyl (C=O) groups is 1. The van der Waals surface area contributed by atoms with Crippen molar-refractivity contribution in [2.75, 3.05) is 6.54 Å².